The van der Waals surface area contributed by atoms with Gasteiger partial charge in [-0.25, -0.2) is 4.98 Å². The number of nitrogens with zero attached hydrogens (tertiary/aromatic N) is 3. The summed E-state index contributed by atoms with van der Waals surface area (Å²) in [5, 5.41) is 9.55. The molecule has 1 saturated heterocycles. The molecule has 2 unspecified atom stereocenters. The number of aromatic nitrogens is 2. The van der Waals surface area contributed by atoms with Crippen LogP contribution >= 0.6 is 0 Å². The summed E-state index contributed by atoms with van der Waals surface area (Å²) < 4.78 is 6.69. The van der Waals surface area contributed by atoms with Crippen molar-refractivity contribution < 1.29 is 19.4 Å². The third-order valence-electron chi connectivity index (χ3n) is 4.74. The van der Waals surface area contributed by atoms with E-state index in [0.29, 0.717) is 23.9 Å². The van der Waals surface area contributed by atoms with Crippen LogP contribution in [0.1, 0.15) is 19.3 Å². The second kappa shape index (κ2) is 7.65. The van der Waals surface area contributed by atoms with Crippen LogP contribution in [0, 0.1) is 0 Å². The number of methoxy groups -OCH3 is 1. The highest BCUT2D eigenvalue weighted by Crippen LogP contribution is 2.23. The van der Waals surface area contributed by atoms with Crippen LogP contribution < -0.4 is 5.56 Å². The van der Waals surface area contributed by atoms with Crippen molar-refractivity contribution >= 4 is 22.8 Å². The number of amides is 1. The standard InChI is InChI=1S/C18H21N3O5/c1-26-13-8-12(9-17(23)24)21(10-13)16(22)6-7-20-11-19-15-5-3-2-4-14(15)18(20)25/h2-5,11-13H,6-10H2,1H3,(H,23,24). The monoisotopic (exact) mass is 359 g/mol. The van der Waals surface area contributed by atoms with Crippen LogP contribution in [0.5, 0.6) is 0 Å². The van der Waals surface area contributed by atoms with Crippen LogP contribution in [0.25, 0.3) is 10.9 Å². The second-order valence-electron chi connectivity index (χ2n) is 6.40. The van der Waals surface area contributed by atoms with Gasteiger partial charge in [0.05, 0.1) is 29.8 Å². The number of benzene rings is 1. The first-order valence-corrected chi connectivity index (χ1v) is 8.48. The summed E-state index contributed by atoms with van der Waals surface area (Å²) in [6.07, 6.45) is 1.78. The summed E-state index contributed by atoms with van der Waals surface area (Å²) in [6.45, 7) is 0.571. The zero-order valence-electron chi connectivity index (χ0n) is 14.5. The van der Waals surface area contributed by atoms with Crippen LogP contribution in [-0.2, 0) is 20.9 Å². The Labute approximate surface area is 150 Å². The molecule has 1 N–H and O–H groups in total. The maximum atomic E-state index is 12.6. The van der Waals surface area contributed by atoms with E-state index in [2.05, 4.69) is 4.98 Å². The van der Waals surface area contributed by atoms with E-state index >= 15 is 0 Å². The fourth-order valence-electron chi connectivity index (χ4n) is 3.37. The molecule has 2 atom stereocenters. The van der Waals surface area contributed by atoms with Crippen molar-refractivity contribution in [1.82, 2.24) is 14.5 Å². The highest BCUT2D eigenvalue weighted by Gasteiger charge is 2.36. The van der Waals surface area contributed by atoms with Gasteiger partial charge in [0.2, 0.25) is 5.91 Å². The van der Waals surface area contributed by atoms with Gasteiger partial charge in [0.15, 0.2) is 0 Å². The molecule has 0 radical (unpaired) electrons. The Morgan fingerprint density at radius 2 is 2.12 bits per heavy atom. The van der Waals surface area contributed by atoms with Gasteiger partial charge in [0.1, 0.15) is 0 Å². The molecule has 8 heteroatoms. The number of hydrogen-bond acceptors (Lipinski definition) is 5. The number of aryl methyl sites for hydroxylation is 1. The fourth-order valence-corrected chi connectivity index (χ4v) is 3.37. The number of carboxylic acids is 1. The van der Waals surface area contributed by atoms with Gasteiger partial charge >= 0.3 is 5.97 Å². The largest absolute Gasteiger partial charge is 0.481 e. The minimum absolute atomic E-state index is 0.104. The molecule has 1 amide bonds. The van der Waals surface area contributed by atoms with Crippen LogP contribution in [0.15, 0.2) is 35.4 Å². The van der Waals surface area contributed by atoms with Crippen LogP contribution in [-0.4, -0.2) is 57.2 Å². The lowest BCUT2D eigenvalue weighted by atomic mass is 10.1. The number of likely N-dealkylation sites (tertiary alicyclic amines) is 1. The Bertz CT molecular complexity index is 879. The number of ether oxygens (including phenoxy) is 1. The van der Waals surface area contributed by atoms with E-state index in [1.165, 1.54) is 10.9 Å². The first-order chi connectivity index (χ1) is 12.5. The van der Waals surface area contributed by atoms with Gasteiger partial charge in [0.25, 0.3) is 5.56 Å². The summed E-state index contributed by atoms with van der Waals surface area (Å²) in [4.78, 5) is 41.9. The van der Waals surface area contributed by atoms with Gasteiger partial charge in [-0.05, 0) is 18.6 Å². The summed E-state index contributed by atoms with van der Waals surface area (Å²) in [5.41, 5.74) is 0.422. The molecule has 138 valence electrons. The number of fused-ring (bicyclic) bond motifs is 1. The highest BCUT2D eigenvalue weighted by molar-refractivity contribution is 5.79. The molecule has 8 nitrogen and oxygen atoms in total. The van der Waals surface area contributed by atoms with Gasteiger partial charge in [0, 0.05) is 32.7 Å². The summed E-state index contributed by atoms with van der Waals surface area (Å²) >= 11 is 0. The Morgan fingerprint density at radius 1 is 1.35 bits per heavy atom. The number of rotatable bonds is 6. The van der Waals surface area contributed by atoms with E-state index in [1.54, 1.807) is 30.2 Å². The van der Waals surface area contributed by atoms with Crippen molar-refractivity contribution in [2.24, 2.45) is 0 Å². The van der Waals surface area contributed by atoms with Gasteiger partial charge in [-0.2, -0.15) is 0 Å². The summed E-state index contributed by atoms with van der Waals surface area (Å²) in [6, 6.07) is 6.67. The molecule has 1 aliphatic heterocycles. The lowest BCUT2D eigenvalue weighted by molar-refractivity contribution is -0.140. The Kier molecular flexibility index (Phi) is 5.32. The van der Waals surface area contributed by atoms with E-state index in [4.69, 9.17) is 9.84 Å². The SMILES string of the molecule is COC1CC(CC(=O)O)N(C(=O)CCn2cnc3ccccc3c2=O)C1. The molecule has 2 aromatic rings. The van der Waals surface area contributed by atoms with Crippen LogP contribution in [0.3, 0.4) is 0 Å². The van der Waals surface area contributed by atoms with E-state index < -0.39 is 5.97 Å². The molecule has 0 saturated carbocycles. The lowest BCUT2D eigenvalue weighted by Crippen LogP contribution is -2.38. The lowest BCUT2D eigenvalue weighted by Gasteiger charge is -2.23. The van der Waals surface area contributed by atoms with Crippen molar-refractivity contribution in [2.75, 3.05) is 13.7 Å². The summed E-state index contributed by atoms with van der Waals surface area (Å²) in [5.74, 6) is -1.13. The van der Waals surface area contributed by atoms with Crippen molar-refractivity contribution in [3.05, 3.63) is 40.9 Å². The minimum Gasteiger partial charge on any atom is -0.481 e. The summed E-state index contributed by atoms with van der Waals surface area (Å²) in [7, 11) is 1.55. The van der Waals surface area contributed by atoms with Crippen LogP contribution in [0.2, 0.25) is 0 Å². The van der Waals surface area contributed by atoms with E-state index in [1.807, 2.05) is 6.07 Å². The number of carbonyl (C=O) groups is 2. The Balaban J connectivity index is 1.71. The number of hydrogen-bond donors (Lipinski definition) is 1. The zero-order chi connectivity index (χ0) is 18.7. The van der Waals surface area contributed by atoms with Gasteiger partial charge < -0.3 is 14.7 Å². The molecule has 1 aromatic heterocycles. The number of aliphatic carboxylic acids is 1. The maximum absolute atomic E-state index is 12.6. The fraction of sp³-hybridized carbons (Fsp3) is 0.444. The molecule has 2 heterocycles. The first-order valence-electron chi connectivity index (χ1n) is 8.48. The third-order valence-corrected chi connectivity index (χ3v) is 4.74. The molecular weight excluding hydrogens is 338 g/mol. The predicted molar refractivity (Wildman–Crippen MR) is 93.8 cm³/mol. The van der Waals surface area contributed by atoms with Gasteiger partial charge in [-0.1, -0.05) is 12.1 Å². The van der Waals surface area contributed by atoms with Gasteiger partial charge in [-0.3, -0.25) is 19.0 Å². The Morgan fingerprint density at radius 3 is 2.85 bits per heavy atom. The number of carbonyl (C=O) groups excluding carboxylic acids is 1. The molecule has 26 heavy (non-hydrogen) atoms. The van der Waals surface area contributed by atoms with Crippen LogP contribution in [0.4, 0.5) is 0 Å². The van der Waals surface area contributed by atoms with Crippen molar-refractivity contribution in [2.45, 2.75) is 38.0 Å². The normalized spacial score (nSPS) is 19.8. The average Bonchev–Trinajstić information content (AvgIpc) is 3.03. The van der Waals surface area contributed by atoms with E-state index in [0.717, 1.165) is 0 Å². The molecule has 0 spiro atoms. The van der Waals surface area contributed by atoms with E-state index in [9.17, 15) is 14.4 Å². The molecule has 0 bridgehead atoms. The van der Waals surface area contributed by atoms with E-state index in [-0.39, 0.29) is 43.0 Å². The molecule has 3 rings (SSSR count). The molecular formula is C18H21N3O5. The average molecular weight is 359 g/mol. The minimum atomic E-state index is -0.945. The predicted octanol–water partition coefficient (Wildman–Crippen LogP) is 0.877. The molecule has 0 aliphatic carbocycles. The van der Waals surface area contributed by atoms with Crippen molar-refractivity contribution in [3.8, 4) is 0 Å². The van der Waals surface area contributed by atoms with Crippen molar-refractivity contribution in [3.63, 3.8) is 0 Å². The molecule has 1 aromatic carbocycles. The third kappa shape index (κ3) is 3.75. The molecule has 1 aliphatic rings. The maximum Gasteiger partial charge on any atom is 0.305 e. The Hall–Kier alpha value is -2.74. The number of carboxylic acid groups (broad SMARTS) is 1. The second-order valence-corrected chi connectivity index (χ2v) is 6.40. The highest BCUT2D eigenvalue weighted by atomic mass is 16.5. The smallest absolute Gasteiger partial charge is 0.305 e. The number of para-hydroxylation sites is 1. The zero-order valence-corrected chi connectivity index (χ0v) is 14.5. The molecule has 1 fully saturated rings. The quantitative estimate of drug-likeness (QED) is 0.821. The van der Waals surface area contributed by atoms with Gasteiger partial charge in [-0.15, -0.1) is 0 Å². The topological polar surface area (TPSA) is 102 Å². The van der Waals surface area contributed by atoms with Crippen molar-refractivity contribution in [1.29, 1.82) is 0 Å². The first kappa shape index (κ1) is 18.1.